The number of hydrogen-bond acceptors (Lipinski definition) is 0. The summed E-state index contributed by atoms with van der Waals surface area (Å²) in [5, 5.41) is 0.376. The third kappa shape index (κ3) is 2.24. The summed E-state index contributed by atoms with van der Waals surface area (Å²) >= 11 is 5.79. The Labute approximate surface area is 98.7 Å². The van der Waals surface area contributed by atoms with Gasteiger partial charge in [-0.15, -0.1) is 6.42 Å². The Morgan fingerprint density at radius 1 is 1.06 bits per heavy atom. The molecule has 0 radical (unpaired) electrons. The van der Waals surface area contributed by atoms with E-state index < -0.39 is 0 Å². The second-order valence-corrected chi connectivity index (χ2v) is 3.82. The molecule has 2 rings (SSSR count). The minimum absolute atomic E-state index is 0.353. The molecule has 0 saturated carbocycles. The van der Waals surface area contributed by atoms with Gasteiger partial charge in [0.1, 0.15) is 5.82 Å². The van der Waals surface area contributed by atoms with Gasteiger partial charge in [0.05, 0.1) is 0 Å². The van der Waals surface area contributed by atoms with Crippen LogP contribution in [0.2, 0.25) is 5.02 Å². The molecular weight excluding hydrogens is 223 g/mol. The quantitative estimate of drug-likeness (QED) is 0.647. The van der Waals surface area contributed by atoms with E-state index >= 15 is 0 Å². The minimum Gasteiger partial charge on any atom is -0.207 e. The Kier molecular flexibility index (Phi) is 2.94. The Morgan fingerprint density at radius 3 is 2.56 bits per heavy atom. The van der Waals surface area contributed by atoms with Gasteiger partial charge in [0.25, 0.3) is 0 Å². The van der Waals surface area contributed by atoms with Crippen LogP contribution in [0.4, 0.5) is 4.39 Å². The Balaban J connectivity index is 2.54. The van der Waals surface area contributed by atoms with Crippen LogP contribution in [-0.2, 0) is 0 Å². The van der Waals surface area contributed by atoms with Crippen molar-refractivity contribution in [1.82, 2.24) is 0 Å². The van der Waals surface area contributed by atoms with Gasteiger partial charge >= 0.3 is 0 Å². The molecule has 0 aromatic heterocycles. The first-order valence-electron chi connectivity index (χ1n) is 4.72. The van der Waals surface area contributed by atoms with Gasteiger partial charge in [0.2, 0.25) is 0 Å². The Bertz CT molecular complexity index is 547. The average Bonchev–Trinajstić information content (AvgIpc) is 2.28. The number of halogens is 2. The molecule has 0 bridgehead atoms. The maximum absolute atomic E-state index is 13.2. The molecule has 0 saturated heterocycles. The zero-order chi connectivity index (χ0) is 11.5. The van der Waals surface area contributed by atoms with Crippen LogP contribution in [0.1, 0.15) is 5.56 Å². The van der Waals surface area contributed by atoms with Crippen molar-refractivity contribution in [2.75, 3.05) is 0 Å². The topological polar surface area (TPSA) is 0 Å². The molecule has 78 valence electrons. The van der Waals surface area contributed by atoms with E-state index in [1.165, 1.54) is 12.1 Å². The first-order chi connectivity index (χ1) is 7.69. The highest BCUT2D eigenvalue weighted by atomic mass is 35.5. The predicted molar refractivity (Wildman–Crippen MR) is 64.8 cm³/mol. The molecule has 2 aromatic carbocycles. The van der Waals surface area contributed by atoms with Crippen LogP contribution in [0.5, 0.6) is 0 Å². The van der Waals surface area contributed by atoms with E-state index in [0.717, 1.165) is 16.7 Å². The molecule has 16 heavy (non-hydrogen) atoms. The van der Waals surface area contributed by atoms with Gasteiger partial charge in [-0.1, -0.05) is 29.7 Å². The molecular formula is C14H8ClF. The highest BCUT2D eigenvalue weighted by molar-refractivity contribution is 6.30. The summed E-state index contributed by atoms with van der Waals surface area (Å²) in [5.41, 5.74) is 2.34. The monoisotopic (exact) mass is 230 g/mol. The first kappa shape index (κ1) is 10.7. The SMILES string of the molecule is C#Cc1cccc(-c2cc(F)cc(Cl)c2)c1. The Morgan fingerprint density at radius 2 is 1.88 bits per heavy atom. The third-order valence-electron chi connectivity index (χ3n) is 2.23. The van der Waals surface area contributed by atoms with Gasteiger partial charge in [-0.3, -0.25) is 0 Å². The molecule has 0 aliphatic rings. The summed E-state index contributed by atoms with van der Waals surface area (Å²) in [7, 11) is 0. The molecule has 2 aromatic rings. The van der Waals surface area contributed by atoms with Crippen LogP contribution < -0.4 is 0 Å². The number of benzene rings is 2. The molecule has 0 atom stereocenters. The second kappa shape index (κ2) is 4.38. The first-order valence-corrected chi connectivity index (χ1v) is 5.10. The predicted octanol–water partition coefficient (Wildman–Crippen LogP) is 4.13. The third-order valence-corrected chi connectivity index (χ3v) is 2.44. The molecule has 0 N–H and O–H groups in total. The van der Waals surface area contributed by atoms with E-state index in [0.29, 0.717) is 5.02 Å². The molecule has 0 amide bonds. The summed E-state index contributed by atoms with van der Waals surface area (Å²) in [6.45, 7) is 0. The number of terminal acetylenes is 1. The smallest absolute Gasteiger partial charge is 0.125 e. The van der Waals surface area contributed by atoms with Crippen molar-refractivity contribution < 1.29 is 4.39 Å². The Hall–Kier alpha value is -1.78. The minimum atomic E-state index is -0.353. The van der Waals surface area contributed by atoms with Crippen molar-refractivity contribution >= 4 is 11.6 Å². The number of rotatable bonds is 1. The number of hydrogen-bond donors (Lipinski definition) is 0. The van der Waals surface area contributed by atoms with Gasteiger partial charge in [-0.25, -0.2) is 4.39 Å². The van der Waals surface area contributed by atoms with Crippen LogP contribution in [0.15, 0.2) is 42.5 Å². The molecule has 0 aliphatic heterocycles. The van der Waals surface area contributed by atoms with Gasteiger partial charge in [-0.2, -0.15) is 0 Å². The molecule has 0 fully saturated rings. The summed E-state index contributed by atoms with van der Waals surface area (Å²) < 4.78 is 13.2. The molecule has 0 aliphatic carbocycles. The van der Waals surface area contributed by atoms with Crippen molar-refractivity contribution in [1.29, 1.82) is 0 Å². The summed E-state index contributed by atoms with van der Waals surface area (Å²) in [5.74, 6) is 2.19. The van der Waals surface area contributed by atoms with Gasteiger partial charge in [0.15, 0.2) is 0 Å². The average molecular weight is 231 g/mol. The van der Waals surface area contributed by atoms with E-state index in [2.05, 4.69) is 5.92 Å². The molecule has 0 nitrogen and oxygen atoms in total. The zero-order valence-corrected chi connectivity index (χ0v) is 9.13. The van der Waals surface area contributed by atoms with Gasteiger partial charge in [-0.05, 0) is 41.5 Å². The van der Waals surface area contributed by atoms with E-state index in [1.807, 2.05) is 24.3 Å². The second-order valence-electron chi connectivity index (χ2n) is 3.38. The molecule has 0 unspecified atom stereocenters. The van der Waals surface area contributed by atoms with Crippen LogP contribution in [0.3, 0.4) is 0 Å². The summed E-state index contributed by atoms with van der Waals surface area (Å²) in [6.07, 6.45) is 5.31. The highest BCUT2D eigenvalue weighted by Gasteiger charge is 2.02. The molecule has 0 heterocycles. The largest absolute Gasteiger partial charge is 0.207 e. The molecule has 2 heteroatoms. The van der Waals surface area contributed by atoms with Crippen molar-refractivity contribution in [2.45, 2.75) is 0 Å². The van der Waals surface area contributed by atoms with Crippen molar-refractivity contribution in [2.24, 2.45) is 0 Å². The normalized spacial score (nSPS) is 9.81. The van der Waals surface area contributed by atoms with Crippen LogP contribution in [0, 0.1) is 18.2 Å². The lowest BCUT2D eigenvalue weighted by Crippen LogP contribution is -1.82. The van der Waals surface area contributed by atoms with Gasteiger partial charge < -0.3 is 0 Å². The summed E-state index contributed by atoms with van der Waals surface area (Å²) in [6, 6.07) is 11.8. The van der Waals surface area contributed by atoms with Gasteiger partial charge in [0, 0.05) is 10.6 Å². The fourth-order valence-electron chi connectivity index (χ4n) is 1.51. The van der Waals surface area contributed by atoms with Crippen LogP contribution >= 0.6 is 11.6 Å². The van der Waals surface area contributed by atoms with Crippen molar-refractivity contribution in [3.63, 3.8) is 0 Å². The standard InChI is InChI=1S/C14H8ClF/c1-2-10-4-3-5-11(6-10)12-7-13(15)9-14(16)8-12/h1,3-9H. The fourth-order valence-corrected chi connectivity index (χ4v) is 1.73. The highest BCUT2D eigenvalue weighted by Crippen LogP contribution is 2.24. The lowest BCUT2D eigenvalue weighted by molar-refractivity contribution is 0.628. The fraction of sp³-hybridized carbons (Fsp3) is 0. The zero-order valence-electron chi connectivity index (χ0n) is 8.37. The van der Waals surface area contributed by atoms with E-state index in [9.17, 15) is 4.39 Å². The van der Waals surface area contributed by atoms with E-state index in [-0.39, 0.29) is 5.82 Å². The van der Waals surface area contributed by atoms with Crippen molar-refractivity contribution in [3.8, 4) is 23.5 Å². The van der Waals surface area contributed by atoms with Crippen LogP contribution in [-0.4, -0.2) is 0 Å². The maximum atomic E-state index is 13.2. The lowest BCUT2D eigenvalue weighted by Gasteiger charge is -2.03. The summed E-state index contributed by atoms with van der Waals surface area (Å²) in [4.78, 5) is 0. The lowest BCUT2D eigenvalue weighted by atomic mass is 10.0. The van der Waals surface area contributed by atoms with Crippen LogP contribution in [0.25, 0.3) is 11.1 Å². The maximum Gasteiger partial charge on any atom is 0.125 e. The molecule has 0 spiro atoms. The van der Waals surface area contributed by atoms with Crippen molar-refractivity contribution in [3.05, 3.63) is 58.9 Å². The van der Waals surface area contributed by atoms with E-state index in [1.54, 1.807) is 6.07 Å². The van der Waals surface area contributed by atoms with E-state index in [4.69, 9.17) is 18.0 Å².